The number of ether oxygens (including phenoxy) is 4. The first kappa shape index (κ1) is 92.9. The van der Waals surface area contributed by atoms with Crippen molar-refractivity contribution in [3.05, 3.63) is 311 Å². The molecule has 2 heterocycles. The number of imide groups is 2. The Kier molecular flexibility index (Phi) is 22.3. The van der Waals surface area contributed by atoms with Gasteiger partial charge in [0.05, 0.1) is 40.7 Å². The van der Waals surface area contributed by atoms with E-state index in [9.17, 15) is 77.8 Å². The van der Waals surface area contributed by atoms with Crippen LogP contribution in [-0.2, 0) is 60.7 Å². The minimum Gasteiger partial charge on any atom is -0.452 e. The number of anilines is 2. The Bertz CT molecular complexity index is 8530. The average Bonchev–Trinajstić information content (AvgIpc) is 0.659. The maximum atomic E-state index is 16.7. The Hall–Kier alpha value is -14.8. The lowest BCUT2D eigenvalue weighted by Gasteiger charge is -2.34. The van der Waals surface area contributed by atoms with Crippen molar-refractivity contribution < 1.29 is 116 Å². The van der Waals surface area contributed by atoms with Gasteiger partial charge in [0.2, 0.25) is 0 Å². The Morgan fingerprint density at radius 2 is 0.429 bits per heavy atom. The van der Waals surface area contributed by atoms with Crippen LogP contribution < -0.4 is 28.7 Å². The molecule has 6 N–H and O–H groups in total. The molecule has 704 valence electrons. The summed E-state index contributed by atoms with van der Waals surface area (Å²) in [5.74, 6) is -7.55. The molecule has 28 nitrogen and oxygen atoms in total. The summed E-state index contributed by atoms with van der Waals surface area (Å²) in [6, 6.07) is 61.2. The van der Waals surface area contributed by atoms with Crippen molar-refractivity contribution in [2.24, 2.45) is 0 Å². The maximum Gasteiger partial charge on any atom is 0.294 e. The lowest BCUT2D eigenvalue weighted by atomic mass is 9.79. The molecule has 0 unspecified atom stereocenters. The maximum absolute atomic E-state index is 16.7. The molecule has 0 spiro atoms. The quantitative estimate of drug-likeness (QED) is 0.0142. The Balaban J connectivity index is 1.07. The number of nitrogens with zero attached hydrogens (tertiary/aromatic N) is 2. The van der Waals surface area contributed by atoms with E-state index in [1.54, 1.807) is 84.9 Å². The fourth-order valence-corrected chi connectivity index (χ4v) is 22.4. The molecule has 0 radical (unpaired) electrons. The largest absolute Gasteiger partial charge is 0.452 e. The first-order valence-corrected chi connectivity index (χ1v) is 52.3. The lowest BCUT2D eigenvalue weighted by molar-refractivity contribution is 0.0877. The molecule has 4 amide bonds. The zero-order valence-electron chi connectivity index (χ0n) is 74.9. The van der Waals surface area contributed by atoms with Gasteiger partial charge in [0.25, 0.3) is 84.3 Å². The Morgan fingerprint density at radius 3 is 0.643 bits per heavy atom. The predicted molar refractivity (Wildman–Crippen MR) is 530 cm³/mol. The van der Waals surface area contributed by atoms with Gasteiger partial charge >= 0.3 is 0 Å². The summed E-state index contributed by atoms with van der Waals surface area (Å²) in [5, 5.41) is -0.178. The van der Waals surface area contributed by atoms with Crippen molar-refractivity contribution in [2.75, 3.05) is 9.80 Å². The molecule has 2 aliphatic heterocycles. The van der Waals surface area contributed by atoms with Crippen LogP contribution in [0, 0.1) is 0 Å². The van der Waals surface area contributed by atoms with Crippen molar-refractivity contribution in [1.29, 1.82) is 0 Å². The summed E-state index contributed by atoms with van der Waals surface area (Å²) in [4.78, 5) is 65.0. The van der Waals surface area contributed by atoms with Crippen molar-refractivity contribution in [3.63, 3.8) is 0 Å². The third kappa shape index (κ3) is 15.5. The number of para-hydroxylation sites is 2. The molecule has 0 saturated heterocycles. The minimum atomic E-state index is -5.25. The Morgan fingerprint density at radius 1 is 0.214 bits per heavy atom. The van der Waals surface area contributed by atoms with E-state index in [0.717, 1.165) is 94.7 Å². The van der Waals surface area contributed by atoms with Crippen LogP contribution in [0.2, 0.25) is 0 Å². The van der Waals surface area contributed by atoms with E-state index in [0.29, 0.717) is 33.6 Å². The van der Waals surface area contributed by atoms with Gasteiger partial charge in [0, 0.05) is 87.6 Å². The highest BCUT2D eigenvalue weighted by molar-refractivity contribution is 7.87. The van der Waals surface area contributed by atoms with Crippen LogP contribution in [0.5, 0.6) is 46.0 Å². The molecule has 2 aliphatic rings. The molecule has 0 aliphatic carbocycles. The second kappa shape index (κ2) is 33.5. The summed E-state index contributed by atoms with van der Waals surface area (Å²) in [6.07, 6.45) is 0. The van der Waals surface area contributed by atoms with Gasteiger partial charge in [-0.2, -0.15) is 50.5 Å². The molecule has 20 rings (SSSR count). The summed E-state index contributed by atoms with van der Waals surface area (Å²) in [6.45, 7) is 15.3. The van der Waals surface area contributed by atoms with E-state index in [4.69, 9.17) is 18.9 Å². The van der Waals surface area contributed by atoms with Gasteiger partial charge in [-0.15, -0.1) is 0 Å². The number of amides is 4. The highest BCUT2D eigenvalue weighted by Crippen LogP contribution is 2.65. The van der Waals surface area contributed by atoms with E-state index in [1.807, 2.05) is 91.8 Å². The van der Waals surface area contributed by atoms with Crippen molar-refractivity contribution in [1.82, 2.24) is 0 Å². The van der Waals surface area contributed by atoms with Crippen molar-refractivity contribution >= 4 is 171 Å². The molecule has 0 saturated carbocycles. The molecule has 18 aromatic carbocycles. The first-order chi connectivity index (χ1) is 66.3. The van der Waals surface area contributed by atoms with Gasteiger partial charge in [-0.25, -0.2) is 9.80 Å². The Labute approximate surface area is 801 Å². The molecule has 34 heteroatoms. The summed E-state index contributed by atoms with van der Waals surface area (Å²) in [5.41, 5.74) is 2.55. The van der Waals surface area contributed by atoms with Gasteiger partial charge in [0.15, 0.2) is 23.0 Å². The zero-order valence-corrected chi connectivity index (χ0v) is 79.8. The van der Waals surface area contributed by atoms with E-state index in [1.165, 1.54) is 60.7 Å². The summed E-state index contributed by atoms with van der Waals surface area (Å²) >= 11 is 0. The minimum absolute atomic E-state index is 0.0115. The van der Waals surface area contributed by atoms with Gasteiger partial charge in [0.1, 0.15) is 23.0 Å². The van der Waals surface area contributed by atoms with Gasteiger partial charge in [-0.3, -0.25) is 46.5 Å². The molecule has 0 fully saturated rings. The van der Waals surface area contributed by atoms with E-state index >= 15 is 19.2 Å². The third-order valence-corrected chi connectivity index (χ3v) is 30.9. The normalized spacial score (nSPS) is 13.6. The zero-order chi connectivity index (χ0) is 99.3. The van der Waals surface area contributed by atoms with Crippen LogP contribution in [-0.4, -0.2) is 101 Å². The number of hydrogen-bond donors (Lipinski definition) is 6. The molecular weight excluding hydrogens is 1910 g/mol. The number of carbonyl (C=O) groups is 4. The lowest BCUT2D eigenvalue weighted by Crippen LogP contribution is -2.41. The smallest absolute Gasteiger partial charge is 0.294 e. The fraction of sp³-hybridized carbons (Fsp3) is 0.113. The number of rotatable bonds is 24. The second-order valence-electron chi connectivity index (χ2n) is 35.5. The molecule has 140 heavy (non-hydrogen) atoms. The van der Waals surface area contributed by atoms with Crippen LogP contribution in [0.4, 0.5) is 11.4 Å². The molecule has 18 aromatic rings. The van der Waals surface area contributed by atoms with Crippen LogP contribution in [0.25, 0.3) is 120 Å². The summed E-state index contributed by atoms with van der Waals surface area (Å²) < 4.78 is 259. The second-order valence-corrected chi connectivity index (χ2v) is 44.0. The average molecular weight is 1990 g/mol. The van der Waals surface area contributed by atoms with Gasteiger partial charge < -0.3 is 18.9 Å². The monoisotopic (exact) mass is 1990 g/mol. The number of fused-ring (bicyclic) bond motifs is 4. The summed E-state index contributed by atoms with van der Waals surface area (Å²) in [7, 11) is -30.7. The first-order valence-electron chi connectivity index (χ1n) is 43.7. The number of carbonyl (C=O) groups excluding carboxylic acids is 4. The van der Waals surface area contributed by atoms with Crippen molar-refractivity contribution in [3.8, 4) is 90.5 Å². The standard InChI is InChI=1S/C106H78N2O26S6/c1-53(2)67-21-15-22-68(54(3)4)97(67)107-103(109)75-41-37-71-87-72(38-42-76(89(75)87)104(107)110)92-95-91(71)99(131-83-45-33-63(137(119,120)121)49-79(83)57-17-11-9-12-18-57)101(133-85-47-35-65(139(125,126)127)51-81(85)59-25-29-61(30-26-59)135(113,114)115)93-73-39-43-77-90-78(106(112)108(105(77)111)98-69(55(5)6)23-16-24-70(98)56(7)8)44-40-74(88(73)90)94(96(93)95)102(100(92)132-84-46-34-64(138(122,123)124)50-80(84)58-19-13-10-14-20-58)134-86-48-36-66(140(128,129)130)52-82(86)60-27-31-62(32-28-60)136(116,117)118/h9-56H,1-8H3,(H,113,114,115)(H,116,117,118)(H,119,120,121)(H,122,123,124)(H,125,126,127)(H,128,129,130). The number of hydrogen-bond acceptors (Lipinski definition) is 20. The fourth-order valence-electron chi connectivity index (χ4n) is 19.5. The molecule has 0 bridgehead atoms. The highest BCUT2D eigenvalue weighted by Gasteiger charge is 2.44. The van der Waals surface area contributed by atoms with E-state index < -0.39 is 137 Å². The third-order valence-electron chi connectivity index (χ3n) is 25.8. The predicted octanol–water partition coefficient (Wildman–Crippen LogP) is 24.0. The van der Waals surface area contributed by atoms with Crippen LogP contribution >= 0.6 is 0 Å². The van der Waals surface area contributed by atoms with Crippen molar-refractivity contribution in [2.45, 2.75) is 108 Å². The van der Waals surface area contributed by atoms with Gasteiger partial charge in [-0.1, -0.05) is 201 Å². The number of benzene rings is 18. The van der Waals surface area contributed by atoms with E-state index in [2.05, 4.69) is 0 Å². The SMILES string of the molecule is CC(C)c1cccc(C(C)C)c1N1C(=O)c2ccc3c4c(Oc5ccc(S(=O)(=O)O)cc5-c5ccccc5)c(Oc5ccc(S(=O)(=O)O)cc5-c5ccc(S(=O)(=O)O)cc5)c5c6ccc7c8c(ccc(c9c(Oc%10ccc(S(=O)(=O)O)cc%10-c%10ccc(S(=O)(=O)O)cc%10)c(Oc%10ccc(S(=O)(=O)O)cc%10-c%10ccccc%10)c(c%10ccc(c2c3%10)C1=O)c4c59)c86)C(=O)N(c1c(C(C)C)cccc1C(C)C)C7=O. The van der Waals surface area contributed by atoms with Crippen LogP contribution in [0.1, 0.15) is 143 Å². The molecular formula is C106H78N2O26S6. The van der Waals surface area contributed by atoms with Crippen LogP contribution in [0.15, 0.2) is 296 Å². The molecule has 0 aromatic heterocycles. The van der Waals surface area contributed by atoms with E-state index in [-0.39, 0.29) is 189 Å². The van der Waals surface area contributed by atoms with Gasteiger partial charge in [-0.05, 0) is 222 Å². The van der Waals surface area contributed by atoms with Crippen LogP contribution in [0.3, 0.4) is 0 Å². The highest BCUT2D eigenvalue weighted by atomic mass is 32.2. The topological polar surface area (TPSA) is 438 Å². The molecule has 0 atom stereocenters.